The summed E-state index contributed by atoms with van der Waals surface area (Å²) in [6.45, 7) is 7.38. The number of cyclic esters (lactones) is 2. The van der Waals surface area contributed by atoms with Crippen molar-refractivity contribution in [2.24, 2.45) is 5.92 Å². The van der Waals surface area contributed by atoms with E-state index < -0.39 is 14.5 Å². The normalized spacial score (nSPS) is 19.8. The number of ether oxygens (including phenoxy) is 1. The zero-order chi connectivity index (χ0) is 14.3. The first-order valence-electron chi connectivity index (χ1n) is 7.03. The van der Waals surface area contributed by atoms with Gasteiger partial charge >= 0.3 is 20.5 Å². The molecule has 1 saturated heterocycles. The molecular weight excluding hydrogens is 264 g/mol. The van der Waals surface area contributed by atoms with Gasteiger partial charge in [0.25, 0.3) is 0 Å². The highest BCUT2D eigenvalue weighted by atomic mass is 28.4. The van der Waals surface area contributed by atoms with Crippen LogP contribution in [0.3, 0.4) is 0 Å². The third-order valence-corrected chi connectivity index (χ3v) is 6.35. The first-order chi connectivity index (χ1) is 9.00. The molecule has 1 rings (SSSR count). The van der Waals surface area contributed by atoms with Gasteiger partial charge in [-0.15, -0.1) is 0 Å². The first kappa shape index (κ1) is 16.3. The molecule has 0 spiro atoms. The Bertz CT molecular complexity index is 312. The van der Waals surface area contributed by atoms with E-state index in [1.54, 1.807) is 0 Å². The van der Waals surface area contributed by atoms with Gasteiger partial charge in [-0.25, -0.2) is 0 Å². The lowest BCUT2D eigenvalue weighted by molar-refractivity contribution is -0.153. The minimum Gasteiger partial charge on any atom is -0.395 e. The fraction of sp³-hybridized carbons (Fsp3) is 0.846. The van der Waals surface area contributed by atoms with Gasteiger partial charge in [0.1, 0.15) is 0 Å². The lowest BCUT2D eigenvalue weighted by Crippen LogP contribution is -2.38. The standard InChI is InChI=1S/C13H24O5Si/c1-4-16-19(3,17-5-2)9-7-6-8-11-10-12(14)18-13(11)15/h11H,4-10H2,1-3H3. The van der Waals surface area contributed by atoms with Gasteiger partial charge in [0.05, 0.1) is 12.3 Å². The summed E-state index contributed by atoms with van der Waals surface area (Å²) in [6, 6.07) is 0.921. The lowest BCUT2D eigenvalue weighted by Gasteiger charge is -2.25. The SMILES string of the molecule is CCO[Si](C)(CCCCC1CC(=O)OC1=O)OCC. The van der Waals surface area contributed by atoms with Gasteiger partial charge in [0, 0.05) is 13.2 Å². The molecule has 0 aromatic heterocycles. The molecule has 1 heterocycles. The molecule has 1 aliphatic rings. The third-order valence-electron chi connectivity index (χ3n) is 3.29. The molecule has 0 N–H and O–H groups in total. The Morgan fingerprint density at radius 1 is 1.21 bits per heavy atom. The smallest absolute Gasteiger partial charge is 0.334 e. The summed E-state index contributed by atoms with van der Waals surface area (Å²) in [5.41, 5.74) is 0. The van der Waals surface area contributed by atoms with Gasteiger partial charge < -0.3 is 13.6 Å². The largest absolute Gasteiger partial charge is 0.395 e. The predicted molar refractivity (Wildman–Crippen MR) is 72.7 cm³/mol. The van der Waals surface area contributed by atoms with E-state index in [4.69, 9.17) is 8.85 Å². The minimum absolute atomic E-state index is 0.236. The third kappa shape index (κ3) is 5.42. The van der Waals surface area contributed by atoms with Crippen LogP contribution in [0, 0.1) is 5.92 Å². The first-order valence-corrected chi connectivity index (χ1v) is 9.55. The molecule has 0 radical (unpaired) electrons. The van der Waals surface area contributed by atoms with Gasteiger partial charge in [-0.3, -0.25) is 9.59 Å². The summed E-state index contributed by atoms with van der Waals surface area (Å²) in [5, 5.41) is 0. The molecule has 19 heavy (non-hydrogen) atoms. The van der Waals surface area contributed by atoms with Crippen molar-refractivity contribution in [1.82, 2.24) is 0 Å². The van der Waals surface area contributed by atoms with Crippen LogP contribution in [0.25, 0.3) is 0 Å². The Morgan fingerprint density at radius 3 is 2.32 bits per heavy atom. The maximum absolute atomic E-state index is 11.3. The lowest BCUT2D eigenvalue weighted by atomic mass is 10.0. The Hall–Kier alpha value is -0.723. The number of carbonyl (C=O) groups excluding carboxylic acids is 2. The molecule has 0 aromatic rings. The zero-order valence-electron chi connectivity index (χ0n) is 12.1. The second kappa shape index (κ2) is 7.77. The summed E-state index contributed by atoms with van der Waals surface area (Å²) in [7, 11) is -2.04. The average Bonchev–Trinajstić information content (AvgIpc) is 2.64. The van der Waals surface area contributed by atoms with Crippen LogP contribution in [-0.2, 0) is 23.2 Å². The summed E-state index contributed by atoms with van der Waals surface area (Å²) in [5.74, 6) is -0.989. The molecular formula is C13H24O5Si. The van der Waals surface area contributed by atoms with Crippen LogP contribution >= 0.6 is 0 Å². The molecule has 0 amide bonds. The average molecular weight is 288 g/mol. The van der Waals surface area contributed by atoms with Gasteiger partial charge in [0.2, 0.25) is 0 Å². The van der Waals surface area contributed by atoms with E-state index in [2.05, 4.69) is 11.3 Å². The zero-order valence-corrected chi connectivity index (χ0v) is 13.1. The summed E-state index contributed by atoms with van der Waals surface area (Å²) >= 11 is 0. The van der Waals surface area contributed by atoms with Crippen LogP contribution in [0.2, 0.25) is 12.6 Å². The number of unbranched alkanes of at least 4 members (excludes halogenated alkanes) is 1. The van der Waals surface area contributed by atoms with Crippen molar-refractivity contribution >= 4 is 20.5 Å². The summed E-state index contributed by atoms with van der Waals surface area (Å²) < 4.78 is 16.0. The van der Waals surface area contributed by atoms with Gasteiger partial charge in [-0.05, 0) is 32.9 Å². The van der Waals surface area contributed by atoms with Crippen molar-refractivity contribution in [2.75, 3.05) is 13.2 Å². The Kier molecular flexibility index (Phi) is 6.68. The molecule has 0 aliphatic carbocycles. The van der Waals surface area contributed by atoms with Crippen molar-refractivity contribution in [3.8, 4) is 0 Å². The van der Waals surface area contributed by atoms with E-state index >= 15 is 0 Å². The quantitative estimate of drug-likeness (QED) is 0.282. The number of hydrogen-bond donors (Lipinski definition) is 0. The molecule has 1 fully saturated rings. The highest BCUT2D eigenvalue weighted by Crippen LogP contribution is 2.24. The Morgan fingerprint density at radius 2 is 1.84 bits per heavy atom. The summed E-state index contributed by atoms with van der Waals surface area (Å²) in [6.07, 6.45) is 2.81. The highest BCUT2D eigenvalue weighted by molar-refractivity contribution is 6.66. The second-order valence-electron chi connectivity index (χ2n) is 4.94. The van der Waals surface area contributed by atoms with Crippen LogP contribution in [0.15, 0.2) is 0 Å². The summed E-state index contributed by atoms with van der Waals surface area (Å²) in [4.78, 5) is 22.2. The molecule has 0 saturated carbocycles. The van der Waals surface area contributed by atoms with E-state index in [1.165, 1.54) is 0 Å². The molecule has 110 valence electrons. The van der Waals surface area contributed by atoms with Crippen LogP contribution in [0.5, 0.6) is 0 Å². The highest BCUT2D eigenvalue weighted by Gasteiger charge is 2.34. The Labute approximate surface area is 115 Å². The maximum atomic E-state index is 11.3. The van der Waals surface area contributed by atoms with E-state index in [9.17, 15) is 9.59 Å². The molecule has 6 heteroatoms. The predicted octanol–water partition coefficient (Wildman–Crippen LogP) is 2.39. The van der Waals surface area contributed by atoms with E-state index in [0.717, 1.165) is 18.9 Å². The van der Waals surface area contributed by atoms with Crippen LogP contribution in [0.1, 0.15) is 39.5 Å². The fourth-order valence-electron chi connectivity index (χ4n) is 2.38. The second-order valence-corrected chi connectivity index (χ2v) is 8.28. The molecule has 0 bridgehead atoms. The van der Waals surface area contributed by atoms with Crippen LogP contribution in [-0.4, -0.2) is 33.7 Å². The van der Waals surface area contributed by atoms with Crippen LogP contribution < -0.4 is 0 Å². The maximum Gasteiger partial charge on any atom is 0.334 e. The number of rotatable bonds is 9. The van der Waals surface area contributed by atoms with Crippen molar-refractivity contribution in [1.29, 1.82) is 0 Å². The van der Waals surface area contributed by atoms with E-state index in [-0.39, 0.29) is 18.3 Å². The fourth-order valence-corrected chi connectivity index (χ4v) is 4.86. The van der Waals surface area contributed by atoms with Gasteiger partial charge in [-0.1, -0.05) is 12.8 Å². The topological polar surface area (TPSA) is 61.8 Å². The van der Waals surface area contributed by atoms with Gasteiger partial charge in [-0.2, -0.15) is 0 Å². The van der Waals surface area contributed by atoms with E-state index in [0.29, 0.717) is 19.6 Å². The molecule has 1 unspecified atom stereocenters. The van der Waals surface area contributed by atoms with Gasteiger partial charge in [0.15, 0.2) is 0 Å². The molecule has 5 nitrogen and oxygen atoms in total. The number of esters is 2. The molecule has 1 atom stereocenters. The van der Waals surface area contributed by atoms with E-state index in [1.807, 2.05) is 13.8 Å². The van der Waals surface area contributed by atoms with Crippen LogP contribution in [0.4, 0.5) is 0 Å². The monoisotopic (exact) mass is 288 g/mol. The number of carbonyl (C=O) groups is 2. The minimum atomic E-state index is -2.04. The van der Waals surface area contributed by atoms with Crippen molar-refractivity contribution in [3.63, 3.8) is 0 Å². The molecule has 0 aromatic carbocycles. The Balaban J connectivity index is 2.25. The number of hydrogen-bond acceptors (Lipinski definition) is 5. The van der Waals surface area contributed by atoms with Crippen molar-refractivity contribution < 1.29 is 23.2 Å². The molecule has 1 aliphatic heterocycles. The van der Waals surface area contributed by atoms with Crippen molar-refractivity contribution in [3.05, 3.63) is 0 Å². The van der Waals surface area contributed by atoms with Crippen molar-refractivity contribution in [2.45, 2.75) is 52.1 Å².